The molecule has 8 rings (SSSR count). The molecule has 5 aliphatic rings. The fraction of sp³-hybridized carbons (Fsp3) is 0.459. The Morgan fingerprint density at radius 2 is 1.79 bits per heavy atom. The van der Waals surface area contributed by atoms with Crippen molar-refractivity contribution in [1.82, 2.24) is 4.90 Å². The molecule has 2 aliphatic heterocycles. The highest BCUT2D eigenvalue weighted by Gasteiger charge is 2.73. The molecule has 3 N–H and O–H groups in total. The van der Waals surface area contributed by atoms with Gasteiger partial charge < -0.3 is 25.0 Å². The van der Waals surface area contributed by atoms with Crippen molar-refractivity contribution in [3.8, 4) is 11.5 Å². The van der Waals surface area contributed by atoms with Crippen LogP contribution in [-0.4, -0.2) is 63.8 Å². The predicted octanol–water partition coefficient (Wildman–Crippen LogP) is 6.51. The van der Waals surface area contributed by atoms with Crippen molar-refractivity contribution >= 4 is 46.3 Å². The molecule has 1 spiro atoms. The number of aliphatic hydroxyl groups is 1. The summed E-state index contributed by atoms with van der Waals surface area (Å²) < 4.78 is 12.6. The Bertz CT molecular complexity index is 1740. The number of Topliss-reactive ketones (excluding diaryl/α,β-unsaturated/α-hetero) is 1. The van der Waals surface area contributed by atoms with Crippen LogP contribution in [-0.2, 0) is 32.6 Å². The van der Waals surface area contributed by atoms with E-state index in [0.717, 1.165) is 29.8 Å². The molecule has 246 valence electrons. The molecule has 10 heteroatoms. The summed E-state index contributed by atoms with van der Waals surface area (Å²) in [4.78, 5) is 28.9. The Morgan fingerprint density at radius 1 is 1.00 bits per heavy atom. The van der Waals surface area contributed by atoms with Gasteiger partial charge in [-0.15, -0.1) is 0 Å². The first-order valence-electron chi connectivity index (χ1n) is 16.7. The van der Waals surface area contributed by atoms with E-state index in [-0.39, 0.29) is 36.8 Å². The lowest BCUT2D eigenvalue weighted by Crippen LogP contribution is -2.77. The first kappa shape index (κ1) is 31.0. The summed E-state index contributed by atoms with van der Waals surface area (Å²) in [6.45, 7) is 1.82. The largest absolute Gasteiger partial charge is 0.504 e. The molecule has 3 aromatic carbocycles. The van der Waals surface area contributed by atoms with Gasteiger partial charge in [0.05, 0.1) is 33.2 Å². The number of ether oxygens (including phenoxy) is 2. The second kappa shape index (κ2) is 11.7. The Hall–Kier alpha value is -3.30. The summed E-state index contributed by atoms with van der Waals surface area (Å²) in [7, 11) is 0. The average molecular weight is 678 g/mol. The van der Waals surface area contributed by atoms with Crippen molar-refractivity contribution in [3.63, 3.8) is 0 Å². The van der Waals surface area contributed by atoms with Gasteiger partial charge in [0, 0.05) is 36.7 Å². The number of phenols is 1. The van der Waals surface area contributed by atoms with E-state index in [0.29, 0.717) is 58.8 Å². The number of likely N-dealkylation sites (tertiary alicyclic amines) is 1. The third-order valence-electron chi connectivity index (χ3n) is 11.2. The van der Waals surface area contributed by atoms with Crippen molar-refractivity contribution in [1.29, 1.82) is 0 Å². The van der Waals surface area contributed by atoms with E-state index in [1.165, 1.54) is 12.8 Å². The fourth-order valence-corrected chi connectivity index (χ4v) is 9.37. The van der Waals surface area contributed by atoms with Gasteiger partial charge in [0.15, 0.2) is 11.5 Å². The molecule has 3 aromatic rings. The molecule has 1 unspecified atom stereocenters. The Morgan fingerprint density at radius 3 is 2.57 bits per heavy atom. The number of carbonyl (C=O) groups is 2. The monoisotopic (exact) mass is 676 g/mol. The molecule has 0 amide bonds. The highest BCUT2D eigenvalue weighted by Crippen LogP contribution is 2.66. The number of hydrogen-bond donors (Lipinski definition) is 3. The summed E-state index contributed by atoms with van der Waals surface area (Å²) in [6.07, 6.45) is 3.67. The quantitative estimate of drug-likeness (QED) is 0.209. The summed E-state index contributed by atoms with van der Waals surface area (Å²) in [5.74, 6) is 0.599. The highest BCUT2D eigenvalue weighted by molar-refractivity contribution is 6.39. The zero-order valence-corrected chi connectivity index (χ0v) is 27.5. The molecule has 2 bridgehead atoms. The third kappa shape index (κ3) is 5.11. The number of aromatic hydroxyl groups is 1. The lowest BCUT2D eigenvalue weighted by atomic mass is 9.48. The molecule has 5 atom stereocenters. The van der Waals surface area contributed by atoms with Crippen LogP contribution in [0.15, 0.2) is 54.6 Å². The SMILES string of the molecule is O=C(CCC(=O)O[C@@H]1CC[C@@]2(O)[C@H]3Cc4ccc(O)c5c4[C@@]2(CCN3CC2CC2)C1O5)Cc1ccccc1Nc1c(Cl)cccc1Cl. The van der Waals surface area contributed by atoms with Crippen molar-refractivity contribution in [2.75, 3.05) is 18.4 Å². The first-order chi connectivity index (χ1) is 22.7. The molecule has 0 aromatic heterocycles. The average Bonchev–Trinajstić information content (AvgIpc) is 3.79. The minimum absolute atomic E-state index is 0.0245. The van der Waals surface area contributed by atoms with Gasteiger partial charge in [-0.3, -0.25) is 14.5 Å². The van der Waals surface area contributed by atoms with Gasteiger partial charge in [0.25, 0.3) is 0 Å². The molecule has 3 fully saturated rings. The molecular weight excluding hydrogens is 639 g/mol. The normalized spacial score (nSPS) is 28.7. The standard InChI is InChI=1S/C37H38Cl2N2O6/c38-25-5-3-6-26(39)33(25)40-27-7-2-1-4-22(27)18-24(42)11-13-31(44)46-29-14-15-37(45)30-19-23-10-12-28(43)34-32(23)36(37,35(29)47-34)16-17-41(30)20-21-8-9-21/h1-7,10,12,21,29-30,35,40,43,45H,8-9,11,13-20H2/t29-,30-,35?,36+,37-/m1/s1. The number of ketones is 1. The number of piperidine rings is 1. The van der Waals surface area contributed by atoms with Crippen LogP contribution in [0.25, 0.3) is 0 Å². The number of hydrogen-bond acceptors (Lipinski definition) is 8. The Balaban J connectivity index is 0.959. The molecular formula is C37H38Cl2N2O6. The van der Waals surface area contributed by atoms with Gasteiger partial charge in [-0.1, -0.05) is 53.5 Å². The third-order valence-corrected chi connectivity index (χ3v) is 11.9. The second-order valence-electron chi connectivity index (χ2n) is 14.0. The van der Waals surface area contributed by atoms with Crippen molar-refractivity contribution in [3.05, 3.63) is 81.3 Å². The summed E-state index contributed by atoms with van der Waals surface area (Å²) >= 11 is 12.7. The minimum atomic E-state index is -1.05. The highest BCUT2D eigenvalue weighted by atomic mass is 35.5. The van der Waals surface area contributed by atoms with E-state index < -0.39 is 29.2 Å². The van der Waals surface area contributed by atoms with Crippen LogP contribution < -0.4 is 10.1 Å². The van der Waals surface area contributed by atoms with Crippen LogP contribution in [0.5, 0.6) is 11.5 Å². The maximum atomic E-state index is 13.3. The van der Waals surface area contributed by atoms with E-state index in [1.807, 2.05) is 30.3 Å². The van der Waals surface area contributed by atoms with Crippen LogP contribution in [0.4, 0.5) is 11.4 Å². The molecule has 2 saturated carbocycles. The van der Waals surface area contributed by atoms with Crippen LogP contribution in [0.3, 0.4) is 0 Å². The zero-order valence-electron chi connectivity index (χ0n) is 26.0. The molecule has 8 nitrogen and oxygen atoms in total. The number of nitrogens with one attached hydrogen (secondary N) is 1. The van der Waals surface area contributed by atoms with Crippen LogP contribution in [0.1, 0.15) is 61.6 Å². The van der Waals surface area contributed by atoms with Gasteiger partial charge in [-0.05, 0) is 86.4 Å². The van der Waals surface area contributed by atoms with Crippen molar-refractivity contribution < 1.29 is 29.3 Å². The van der Waals surface area contributed by atoms with Crippen molar-refractivity contribution in [2.24, 2.45) is 5.92 Å². The van der Waals surface area contributed by atoms with Crippen molar-refractivity contribution in [2.45, 2.75) is 87.1 Å². The summed E-state index contributed by atoms with van der Waals surface area (Å²) in [5.41, 5.74) is 2.22. The predicted molar refractivity (Wildman–Crippen MR) is 179 cm³/mol. The maximum Gasteiger partial charge on any atom is 0.306 e. The van der Waals surface area contributed by atoms with Crippen LogP contribution in [0.2, 0.25) is 10.0 Å². The zero-order chi connectivity index (χ0) is 32.5. The Labute approximate surface area is 284 Å². The van der Waals surface area contributed by atoms with Crippen LogP contribution in [0, 0.1) is 5.92 Å². The van der Waals surface area contributed by atoms with Gasteiger partial charge in [0.1, 0.15) is 18.0 Å². The molecule has 2 heterocycles. The number of carbonyl (C=O) groups excluding carboxylic acids is 2. The number of para-hydroxylation sites is 2. The molecule has 1 saturated heterocycles. The van der Waals surface area contributed by atoms with Crippen LogP contribution >= 0.6 is 23.2 Å². The molecule has 47 heavy (non-hydrogen) atoms. The van der Waals surface area contributed by atoms with E-state index in [4.69, 9.17) is 32.7 Å². The minimum Gasteiger partial charge on any atom is -0.504 e. The lowest BCUT2D eigenvalue weighted by molar-refractivity contribution is -0.216. The topological polar surface area (TPSA) is 108 Å². The number of halogens is 2. The van der Waals surface area contributed by atoms with Gasteiger partial charge >= 0.3 is 5.97 Å². The number of benzene rings is 3. The fourth-order valence-electron chi connectivity index (χ4n) is 8.87. The van der Waals surface area contributed by atoms with E-state index in [1.54, 1.807) is 24.3 Å². The summed E-state index contributed by atoms with van der Waals surface area (Å²) in [6, 6.07) is 16.3. The van der Waals surface area contributed by atoms with E-state index in [2.05, 4.69) is 10.2 Å². The molecule has 0 radical (unpaired) electrons. The smallest absolute Gasteiger partial charge is 0.306 e. The molecule has 3 aliphatic carbocycles. The van der Waals surface area contributed by atoms with Gasteiger partial charge in [-0.25, -0.2) is 0 Å². The number of nitrogens with zero attached hydrogens (tertiary/aromatic N) is 1. The lowest BCUT2D eigenvalue weighted by Gasteiger charge is -2.64. The summed E-state index contributed by atoms with van der Waals surface area (Å²) in [5, 5.41) is 27.7. The maximum absolute atomic E-state index is 13.3. The second-order valence-corrected chi connectivity index (χ2v) is 14.8. The number of anilines is 2. The number of phenolic OH excluding ortho intramolecular Hbond substituents is 1. The number of rotatable bonds is 10. The number of esters is 1. The van der Waals surface area contributed by atoms with Gasteiger partial charge in [-0.2, -0.15) is 0 Å². The first-order valence-corrected chi connectivity index (χ1v) is 17.4. The van der Waals surface area contributed by atoms with E-state index in [9.17, 15) is 19.8 Å². The Kier molecular flexibility index (Phi) is 7.71. The van der Waals surface area contributed by atoms with E-state index >= 15 is 0 Å². The van der Waals surface area contributed by atoms with Gasteiger partial charge in [0.2, 0.25) is 0 Å².